The zero-order valence-electron chi connectivity index (χ0n) is 12.8. The van der Waals surface area contributed by atoms with Crippen molar-refractivity contribution in [3.8, 4) is 5.75 Å². The van der Waals surface area contributed by atoms with Gasteiger partial charge in [-0.2, -0.15) is 0 Å². The first-order valence-electron chi connectivity index (χ1n) is 7.73. The Hall–Kier alpha value is -2.40. The molecule has 0 saturated carbocycles. The Morgan fingerprint density at radius 2 is 2.26 bits per heavy atom. The van der Waals surface area contributed by atoms with E-state index in [0.29, 0.717) is 25.5 Å². The average Bonchev–Trinajstić information content (AvgIpc) is 2.52. The fourth-order valence-electron chi connectivity index (χ4n) is 2.37. The summed E-state index contributed by atoms with van der Waals surface area (Å²) in [7, 11) is 0. The molecule has 3 rings (SSSR count). The molecule has 23 heavy (non-hydrogen) atoms. The van der Waals surface area contributed by atoms with Gasteiger partial charge >= 0.3 is 0 Å². The minimum absolute atomic E-state index is 0.259. The van der Waals surface area contributed by atoms with Crippen molar-refractivity contribution in [2.75, 3.05) is 26.4 Å². The lowest BCUT2D eigenvalue weighted by Gasteiger charge is -2.25. The summed E-state index contributed by atoms with van der Waals surface area (Å²) in [5.41, 5.74) is 0.862. The van der Waals surface area contributed by atoms with Crippen LogP contribution in [-0.4, -0.2) is 43.1 Å². The van der Waals surface area contributed by atoms with Crippen LogP contribution in [0.2, 0.25) is 0 Å². The van der Waals surface area contributed by atoms with Gasteiger partial charge in [-0.25, -0.2) is 0 Å². The third-order valence-corrected chi connectivity index (χ3v) is 3.78. The molecule has 5 heteroatoms. The lowest BCUT2D eigenvalue weighted by atomic mass is 10.1. The van der Waals surface area contributed by atoms with Crippen molar-refractivity contribution in [2.45, 2.75) is 6.42 Å². The third kappa shape index (κ3) is 4.07. The minimum atomic E-state index is -0.294. The Kier molecular flexibility index (Phi) is 4.88. The quantitative estimate of drug-likeness (QED) is 0.781. The van der Waals surface area contributed by atoms with Crippen molar-refractivity contribution < 1.29 is 19.1 Å². The van der Waals surface area contributed by atoms with E-state index in [1.54, 1.807) is 12.2 Å². The second-order valence-corrected chi connectivity index (χ2v) is 5.64. The number of imide groups is 1. The Morgan fingerprint density at radius 1 is 1.39 bits per heavy atom. The maximum absolute atomic E-state index is 12.1. The predicted octanol–water partition coefficient (Wildman–Crippen LogP) is 2.04. The summed E-state index contributed by atoms with van der Waals surface area (Å²) in [5, 5.41) is 0. The van der Waals surface area contributed by atoms with Gasteiger partial charge in [0.15, 0.2) is 0 Å². The molecular weight excluding hydrogens is 294 g/mol. The van der Waals surface area contributed by atoms with Crippen molar-refractivity contribution in [1.82, 2.24) is 4.90 Å². The van der Waals surface area contributed by atoms with Crippen LogP contribution in [0, 0.1) is 5.92 Å². The number of carbonyl (C=O) groups is 2. The molecule has 120 valence electrons. The highest BCUT2D eigenvalue weighted by molar-refractivity contribution is 6.06. The van der Waals surface area contributed by atoms with Gasteiger partial charge in [-0.05, 0) is 36.3 Å². The molecule has 1 saturated heterocycles. The normalized spacial score (nSPS) is 18.3. The molecule has 2 aliphatic rings. The van der Waals surface area contributed by atoms with Crippen LogP contribution >= 0.6 is 0 Å². The van der Waals surface area contributed by atoms with E-state index >= 15 is 0 Å². The van der Waals surface area contributed by atoms with Crippen LogP contribution in [0.25, 0.3) is 6.08 Å². The van der Waals surface area contributed by atoms with Gasteiger partial charge in [-0.1, -0.05) is 18.2 Å². The van der Waals surface area contributed by atoms with Gasteiger partial charge in [0.25, 0.3) is 11.8 Å². The van der Waals surface area contributed by atoms with Crippen molar-refractivity contribution in [3.63, 3.8) is 0 Å². The van der Waals surface area contributed by atoms with Crippen molar-refractivity contribution in [3.05, 3.63) is 48.1 Å². The Balaban J connectivity index is 1.59. The maximum atomic E-state index is 12.1. The molecule has 2 heterocycles. The average molecular weight is 313 g/mol. The largest absolute Gasteiger partial charge is 0.493 e. The fraction of sp³-hybridized carbons (Fsp3) is 0.333. The first-order chi connectivity index (χ1) is 11.2. The highest BCUT2D eigenvalue weighted by Crippen LogP contribution is 2.18. The molecule has 0 aliphatic carbocycles. The van der Waals surface area contributed by atoms with Gasteiger partial charge in [0.05, 0.1) is 19.8 Å². The molecule has 0 radical (unpaired) electrons. The molecule has 0 atom stereocenters. The van der Waals surface area contributed by atoms with Crippen LogP contribution < -0.4 is 4.74 Å². The Bertz CT molecular complexity index is 646. The number of hydrogen-bond donors (Lipinski definition) is 0. The van der Waals surface area contributed by atoms with Crippen molar-refractivity contribution in [1.29, 1.82) is 0 Å². The zero-order chi connectivity index (χ0) is 16.1. The standard InChI is InChI=1S/C18H19NO4/c20-17-6-1-2-9-19(17)18(21)8-7-14-4-3-5-16(10-14)23-13-15-11-22-12-15/h1,3-8,10,15H,2,9,11-13H2/b8-7+. The SMILES string of the molecule is O=C1C=CCCN1C(=O)/C=C/c1cccc(OCC2COC2)c1. The number of benzene rings is 1. The Morgan fingerprint density at radius 3 is 3.00 bits per heavy atom. The first kappa shape index (κ1) is 15.5. The monoisotopic (exact) mass is 313 g/mol. The molecule has 1 aromatic carbocycles. The van der Waals surface area contributed by atoms with Gasteiger partial charge in [-0.3, -0.25) is 14.5 Å². The molecule has 1 aromatic rings. The number of carbonyl (C=O) groups excluding carboxylic acids is 2. The number of nitrogens with zero attached hydrogens (tertiary/aromatic N) is 1. The van der Waals surface area contributed by atoms with Crippen LogP contribution in [0.15, 0.2) is 42.5 Å². The highest BCUT2D eigenvalue weighted by atomic mass is 16.5. The summed E-state index contributed by atoms with van der Waals surface area (Å²) in [6.07, 6.45) is 7.06. The minimum Gasteiger partial charge on any atom is -0.493 e. The van der Waals surface area contributed by atoms with Crippen LogP contribution in [0.3, 0.4) is 0 Å². The molecule has 0 unspecified atom stereocenters. The lowest BCUT2D eigenvalue weighted by molar-refractivity contribution is -0.139. The maximum Gasteiger partial charge on any atom is 0.253 e. The van der Waals surface area contributed by atoms with E-state index in [-0.39, 0.29) is 11.8 Å². The van der Waals surface area contributed by atoms with Gasteiger partial charge < -0.3 is 9.47 Å². The van der Waals surface area contributed by atoms with Crippen molar-refractivity contribution in [2.24, 2.45) is 5.92 Å². The number of ether oxygens (including phenoxy) is 2. The predicted molar refractivity (Wildman–Crippen MR) is 85.8 cm³/mol. The van der Waals surface area contributed by atoms with Crippen LogP contribution in [0.4, 0.5) is 0 Å². The summed E-state index contributed by atoms with van der Waals surface area (Å²) in [4.78, 5) is 24.9. The van der Waals surface area contributed by atoms with Crippen LogP contribution in [0.5, 0.6) is 5.75 Å². The second kappa shape index (κ2) is 7.24. The first-order valence-corrected chi connectivity index (χ1v) is 7.73. The second-order valence-electron chi connectivity index (χ2n) is 5.64. The number of amides is 2. The van der Waals surface area contributed by atoms with E-state index < -0.39 is 0 Å². The summed E-state index contributed by atoms with van der Waals surface area (Å²) in [6, 6.07) is 7.53. The van der Waals surface area contributed by atoms with E-state index in [4.69, 9.17) is 9.47 Å². The zero-order valence-corrected chi connectivity index (χ0v) is 12.8. The summed E-state index contributed by atoms with van der Waals surface area (Å²) in [6.45, 7) is 2.59. The molecule has 0 spiro atoms. The molecule has 2 aliphatic heterocycles. The Labute approximate surface area is 135 Å². The van der Waals surface area contributed by atoms with Gasteiger partial charge in [0.2, 0.25) is 0 Å². The van der Waals surface area contributed by atoms with Crippen LogP contribution in [-0.2, 0) is 14.3 Å². The van der Waals surface area contributed by atoms with Crippen LogP contribution in [0.1, 0.15) is 12.0 Å². The lowest BCUT2D eigenvalue weighted by Crippen LogP contribution is -2.37. The fourth-order valence-corrected chi connectivity index (χ4v) is 2.37. The molecule has 5 nitrogen and oxygen atoms in total. The van der Waals surface area contributed by atoms with Gasteiger partial charge in [0, 0.05) is 18.5 Å². The smallest absolute Gasteiger partial charge is 0.253 e. The van der Waals surface area contributed by atoms with E-state index in [0.717, 1.165) is 24.5 Å². The highest BCUT2D eigenvalue weighted by Gasteiger charge is 2.19. The van der Waals surface area contributed by atoms with E-state index in [2.05, 4.69) is 0 Å². The summed E-state index contributed by atoms with van der Waals surface area (Å²) in [5.74, 6) is 0.681. The molecule has 2 amide bonds. The number of hydrogen-bond acceptors (Lipinski definition) is 4. The summed E-state index contributed by atoms with van der Waals surface area (Å²) < 4.78 is 10.8. The van der Waals surface area contributed by atoms with Gasteiger partial charge in [0.1, 0.15) is 5.75 Å². The molecule has 0 aromatic heterocycles. The molecule has 0 N–H and O–H groups in total. The summed E-state index contributed by atoms with van der Waals surface area (Å²) >= 11 is 0. The van der Waals surface area contributed by atoms with Crippen molar-refractivity contribution >= 4 is 17.9 Å². The number of rotatable bonds is 5. The van der Waals surface area contributed by atoms with E-state index in [1.165, 1.54) is 17.1 Å². The topological polar surface area (TPSA) is 55.8 Å². The molecule has 1 fully saturated rings. The third-order valence-electron chi connectivity index (χ3n) is 3.78. The molecule has 0 bridgehead atoms. The molecular formula is C18H19NO4. The van der Waals surface area contributed by atoms with E-state index in [9.17, 15) is 9.59 Å². The van der Waals surface area contributed by atoms with Gasteiger partial charge in [-0.15, -0.1) is 0 Å². The van der Waals surface area contributed by atoms with E-state index in [1.807, 2.05) is 24.3 Å².